The summed E-state index contributed by atoms with van der Waals surface area (Å²) in [6.45, 7) is 18.3. The zero-order valence-electron chi connectivity index (χ0n) is 19.4. The molecule has 0 fully saturated rings. The topological polar surface area (TPSA) is 18.5 Å². The van der Waals surface area contributed by atoms with Gasteiger partial charge in [0.1, 0.15) is 0 Å². The normalized spacial score (nSPS) is 18.6. The first-order chi connectivity index (χ1) is 12.5. The smallest absolute Gasteiger partial charge is 0.147 e. The van der Waals surface area contributed by atoms with Crippen molar-refractivity contribution in [2.24, 2.45) is 0 Å². The Morgan fingerprint density at radius 2 is 1.10 bits per heavy atom. The SMILES string of the molecule is CCC(O[Si](C)(C)C)C1=[C]([Zr][C]2=C(C(CC)O[Si](C)(C)C)C=CC2)CC=C1.Cl.Cl. The summed E-state index contributed by atoms with van der Waals surface area (Å²) in [7, 11) is -3.07. The predicted octanol–water partition coefficient (Wildman–Crippen LogP) is 7.60. The maximum Gasteiger partial charge on any atom is -0.147 e. The fraction of sp³-hybridized carbons (Fsp3) is 0.636. The van der Waals surface area contributed by atoms with E-state index in [1.54, 1.807) is 6.56 Å². The van der Waals surface area contributed by atoms with Crippen LogP contribution in [0.3, 0.4) is 0 Å². The van der Waals surface area contributed by atoms with Gasteiger partial charge in [-0.1, -0.05) is 0 Å². The molecule has 0 radical (unpaired) electrons. The monoisotopic (exact) mass is 552 g/mol. The third kappa shape index (κ3) is 9.43. The minimum Gasteiger partial charge on any atom is -0.147 e. The molecule has 2 nitrogen and oxygen atoms in total. The molecule has 29 heavy (non-hydrogen) atoms. The Hall–Kier alpha value is 0.777. The van der Waals surface area contributed by atoms with Crippen molar-refractivity contribution in [3.63, 3.8) is 0 Å². The number of allylic oxidation sites excluding steroid dienone is 4. The van der Waals surface area contributed by atoms with E-state index in [1.165, 1.54) is 11.1 Å². The van der Waals surface area contributed by atoms with E-state index in [1.807, 2.05) is 0 Å². The van der Waals surface area contributed by atoms with Gasteiger partial charge in [0, 0.05) is 0 Å². The Morgan fingerprint density at radius 3 is 1.38 bits per heavy atom. The summed E-state index contributed by atoms with van der Waals surface area (Å²) in [5.41, 5.74) is 3.04. The first-order valence-electron chi connectivity index (χ1n) is 10.5. The Labute approximate surface area is 205 Å². The van der Waals surface area contributed by atoms with Gasteiger partial charge in [-0.15, -0.1) is 24.8 Å². The third-order valence-corrected chi connectivity index (χ3v) is 10.6. The van der Waals surface area contributed by atoms with Crippen molar-refractivity contribution in [1.82, 2.24) is 0 Å². The van der Waals surface area contributed by atoms with E-state index in [0.717, 1.165) is 25.7 Å². The van der Waals surface area contributed by atoms with E-state index in [0.29, 0.717) is 12.2 Å². The van der Waals surface area contributed by atoms with Gasteiger partial charge < -0.3 is 0 Å². The third-order valence-electron chi connectivity index (χ3n) is 4.66. The fourth-order valence-corrected chi connectivity index (χ4v) is 9.84. The molecule has 0 saturated carbocycles. The summed E-state index contributed by atoms with van der Waals surface area (Å²) >= 11 is -0.774. The van der Waals surface area contributed by atoms with Gasteiger partial charge in [0.25, 0.3) is 0 Å². The maximum atomic E-state index is 6.53. The Kier molecular flexibility index (Phi) is 13.1. The molecule has 166 valence electrons. The fourth-order valence-electron chi connectivity index (χ4n) is 3.66. The Bertz CT molecular complexity index is 603. The van der Waals surface area contributed by atoms with Crippen molar-refractivity contribution in [1.29, 1.82) is 0 Å². The molecule has 2 atom stereocenters. The van der Waals surface area contributed by atoms with Gasteiger partial charge in [-0.25, -0.2) is 0 Å². The largest absolute Gasteiger partial charge is 0.147 e. The zero-order chi connectivity index (χ0) is 20.2. The van der Waals surface area contributed by atoms with Crippen LogP contribution in [0.2, 0.25) is 39.3 Å². The Balaban J connectivity index is 0.00000392. The molecule has 0 heterocycles. The van der Waals surface area contributed by atoms with Gasteiger partial charge in [-0.2, -0.15) is 0 Å². The first-order valence-corrected chi connectivity index (χ1v) is 19.7. The minimum absolute atomic E-state index is 0. The molecule has 2 rings (SSSR count). The van der Waals surface area contributed by atoms with Gasteiger partial charge in [0.15, 0.2) is 0 Å². The second-order valence-corrected chi connectivity index (χ2v) is 22.0. The molecule has 0 aromatic rings. The summed E-state index contributed by atoms with van der Waals surface area (Å²) in [6.07, 6.45) is 14.5. The van der Waals surface area contributed by atoms with E-state index in [4.69, 9.17) is 8.85 Å². The molecule has 0 saturated heterocycles. The van der Waals surface area contributed by atoms with E-state index >= 15 is 0 Å². The first kappa shape index (κ1) is 29.8. The van der Waals surface area contributed by atoms with E-state index in [9.17, 15) is 0 Å². The van der Waals surface area contributed by atoms with E-state index < -0.39 is 39.9 Å². The Morgan fingerprint density at radius 1 is 0.759 bits per heavy atom. The second kappa shape index (κ2) is 12.7. The number of hydrogen-bond donors (Lipinski definition) is 0. The van der Waals surface area contributed by atoms with Gasteiger partial charge in [-0.3, -0.25) is 0 Å². The molecule has 2 unspecified atom stereocenters. The van der Waals surface area contributed by atoms with Crippen molar-refractivity contribution < 1.29 is 32.1 Å². The van der Waals surface area contributed by atoms with Gasteiger partial charge in [-0.05, 0) is 0 Å². The second-order valence-electron chi connectivity index (χ2n) is 9.46. The van der Waals surface area contributed by atoms with Crippen LogP contribution >= 0.6 is 24.8 Å². The summed E-state index contributed by atoms with van der Waals surface area (Å²) in [5.74, 6) is 0. The van der Waals surface area contributed by atoms with Crippen LogP contribution in [-0.4, -0.2) is 28.8 Å². The molecule has 2 aliphatic rings. The molecule has 0 bridgehead atoms. The van der Waals surface area contributed by atoms with Crippen LogP contribution in [0.15, 0.2) is 42.0 Å². The minimum atomic E-state index is -1.54. The van der Waals surface area contributed by atoms with Crippen LogP contribution in [0.25, 0.3) is 0 Å². The van der Waals surface area contributed by atoms with Crippen molar-refractivity contribution in [3.8, 4) is 0 Å². The van der Waals surface area contributed by atoms with Gasteiger partial charge >= 0.3 is 182 Å². The summed E-state index contributed by atoms with van der Waals surface area (Å²) < 4.78 is 16.5. The molecular formula is C22H40Cl2O2Si2Zr. The molecule has 0 aliphatic heterocycles. The average molecular weight is 555 g/mol. The molecule has 0 amide bonds. The zero-order valence-corrected chi connectivity index (χ0v) is 25.5. The summed E-state index contributed by atoms with van der Waals surface area (Å²) in [4.78, 5) is 0. The summed E-state index contributed by atoms with van der Waals surface area (Å²) in [5, 5.41) is 0. The molecular weight excluding hydrogens is 515 g/mol. The molecule has 0 spiro atoms. The van der Waals surface area contributed by atoms with E-state index in [2.05, 4.69) is 77.4 Å². The van der Waals surface area contributed by atoms with Crippen LogP contribution in [0.5, 0.6) is 0 Å². The molecule has 7 heteroatoms. The number of hydrogen-bond acceptors (Lipinski definition) is 2. The van der Waals surface area contributed by atoms with Crippen LogP contribution in [0, 0.1) is 0 Å². The van der Waals surface area contributed by atoms with Crippen molar-refractivity contribution in [2.45, 2.75) is 91.0 Å². The van der Waals surface area contributed by atoms with Crippen LogP contribution < -0.4 is 0 Å². The van der Waals surface area contributed by atoms with E-state index in [-0.39, 0.29) is 24.8 Å². The molecule has 0 aromatic carbocycles. The van der Waals surface area contributed by atoms with Crippen LogP contribution in [-0.2, 0) is 32.1 Å². The molecule has 0 N–H and O–H groups in total. The quantitative estimate of drug-likeness (QED) is 0.259. The van der Waals surface area contributed by atoms with Crippen molar-refractivity contribution in [2.75, 3.05) is 0 Å². The summed E-state index contributed by atoms with van der Waals surface area (Å²) in [6, 6.07) is 0. The number of halogens is 2. The van der Waals surface area contributed by atoms with Gasteiger partial charge in [0.05, 0.1) is 0 Å². The van der Waals surface area contributed by atoms with Crippen LogP contribution in [0.1, 0.15) is 39.5 Å². The standard InChI is InChI=1S/2C11H19OSi.2ClH.Zr/c2*1-5-11(12-13(2,3)4)10-8-6-7-9-10;;;/h2*6,8,11H,5,7H2,1-4H3;2*1H;. The van der Waals surface area contributed by atoms with Crippen LogP contribution in [0.4, 0.5) is 0 Å². The van der Waals surface area contributed by atoms with Crippen molar-refractivity contribution >= 4 is 41.4 Å². The molecule has 2 aliphatic carbocycles. The van der Waals surface area contributed by atoms with Crippen molar-refractivity contribution in [3.05, 3.63) is 42.0 Å². The average Bonchev–Trinajstić information content (AvgIpc) is 3.18. The predicted molar refractivity (Wildman–Crippen MR) is 133 cm³/mol. The molecule has 0 aromatic heterocycles. The number of rotatable bonds is 10. The van der Waals surface area contributed by atoms with Gasteiger partial charge in [0.2, 0.25) is 0 Å². The maximum absolute atomic E-state index is 6.53.